The van der Waals surface area contributed by atoms with Gasteiger partial charge in [0.05, 0.1) is 18.2 Å². The summed E-state index contributed by atoms with van der Waals surface area (Å²) in [5.41, 5.74) is 4.47. The number of phenols is 1. The molecule has 0 aliphatic carbocycles. The Bertz CT molecular complexity index is 765. The first-order valence-corrected chi connectivity index (χ1v) is 7.10. The molecular formula is C15H12Cl2N2O4. The first kappa shape index (κ1) is 16.9. The van der Waals surface area contributed by atoms with E-state index >= 15 is 0 Å². The molecule has 8 heteroatoms. The Morgan fingerprint density at radius 1 is 0.957 bits per heavy atom. The zero-order chi connectivity index (χ0) is 17.0. The number of carbonyl (C=O) groups excluding carboxylic acids is 2. The Balaban J connectivity index is 2.11. The highest BCUT2D eigenvalue weighted by Gasteiger charge is 2.16. The molecule has 23 heavy (non-hydrogen) atoms. The number of hydrogen-bond donors (Lipinski definition) is 3. The predicted molar refractivity (Wildman–Crippen MR) is 86.1 cm³/mol. The number of nitrogens with one attached hydrogen (secondary N) is 2. The van der Waals surface area contributed by atoms with Crippen molar-refractivity contribution in [1.82, 2.24) is 10.9 Å². The molecule has 0 radical (unpaired) electrons. The van der Waals surface area contributed by atoms with Crippen molar-refractivity contribution in [3.05, 3.63) is 57.6 Å². The Hall–Kier alpha value is -2.44. The van der Waals surface area contributed by atoms with E-state index in [1.165, 1.54) is 37.4 Å². The second-order valence-corrected chi connectivity index (χ2v) is 5.29. The minimum absolute atomic E-state index is 0.0733. The number of amides is 2. The summed E-state index contributed by atoms with van der Waals surface area (Å²) < 4.78 is 5.06. The Labute approximate surface area is 141 Å². The topological polar surface area (TPSA) is 87.7 Å². The molecule has 2 aromatic rings. The van der Waals surface area contributed by atoms with Gasteiger partial charge < -0.3 is 9.84 Å². The molecule has 0 atom stereocenters. The van der Waals surface area contributed by atoms with Crippen LogP contribution in [0, 0.1) is 0 Å². The standard InChI is InChI=1S/C15H12Cl2N2O4/c1-23-13-5-3-9(17)7-11(13)15(22)19-18-14(21)10-6-8(16)2-4-12(10)20/h2-7,20H,1H3,(H,18,21)(H,19,22). The molecule has 0 saturated carbocycles. The lowest BCUT2D eigenvalue weighted by atomic mass is 10.2. The number of methoxy groups -OCH3 is 1. The first-order valence-electron chi connectivity index (χ1n) is 6.35. The molecule has 0 heterocycles. The fraction of sp³-hybridized carbons (Fsp3) is 0.0667. The summed E-state index contributed by atoms with van der Waals surface area (Å²) in [6, 6.07) is 8.49. The number of carbonyl (C=O) groups is 2. The maximum Gasteiger partial charge on any atom is 0.273 e. The molecule has 0 aliphatic rings. The summed E-state index contributed by atoms with van der Waals surface area (Å²) in [6.45, 7) is 0. The van der Waals surface area contributed by atoms with Crippen LogP contribution in [0.3, 0.4) is 0 Å². The highest BCUT2D eigenvalue weighted by molar-refractivity contribution is 6.31. The van der Waals surface area contributed by atoms with Gasteiger partial charge in [0, 0.05) is 10.0 Å². The number of phenolic OH excluding ortho intramolecular Hbond substituents is 1. The van der Waals surface area contributed by atoms with Crippen molar-refractivity contribution in [3.63, 3.8) is 0 Å². The summed E-state index contributed by atoms with van der Waals surface area (Å²) in [4.78, 5) is 24.1. The molecule has 0 aromatic heterocycles. The molecule has 2 aromatic carbocycles. The van der Waals surface area contributed by atoms with Crippen molar-refractivity contribution in [1.29, 1.82) is 0 Å². The third kappa shape index (κ3) is 4.06. The van der Waals surface area contributed by atoms with Crippen LogP contribution >= 0.6 is 23.2 Å². The maximum absolute atomic E-state index is 12.1. The van der Waals surface area contributed by atoms with Crippen molar-refractivity contribution >= 4 is 35.0 Å². The van der Waals surface area contributed by atoms with E-state index in [0.717, 1.165) is 0 Å². The van der Waals surface area contributed by atoms with Gasteiger partial charge in [-0.05, 0) is 36.4 Å². The lowest BCUT2D eigenvalue weighted by Gasteiger charge is -2.11. The van der Waals surface area contributed by atoms with Crippen molar-refractivity contribution in [2.24, 2.45) is 0 Å². The zero-order valence-electron chi connectivity index (χ0n) is 11.9. The number of hydrogen-bond acceptors (Lipinski definition) is 4. The third-order valence-corrected chi connectivity index (χ3v) is 3.37. The molecule has 120 valence electrons. The fourth-order valence-electron chi connectivity index (χ4n) is 1.80. The molecule has 0 saturated heterocycles. The van der Waals surface area contributed by atoms with E-state index in [2.05, 4.69) is 10.9 Å². The van der Waals surface area contributed by atoms with Gasteiger partial charge in [-0.25, -0.2) is 0 Å². The molecule has 0 fully saturated rings. The summed E-state index contributed by atoms with van der Waals surface area (Å²) in [7, 11) is 1.41. The van der Waals surface area contributed by atoms with Crippen LogP contribution in [0.5, 0.6) is 11.5 Å². The lowest BCUT2D eigenvalue weighted by Crippen LogP contribution is -2.41. The summed E-state index contributed by atoms with van der Waals surface area (Å²) >= 11 is 11.6. The first-order chi connectivity index (χ1) is 10.9. The highest BCUT2D eigenvalue weighted by atomic mass is 35.5. The van der Waals surface area contributed by atoms with Gasteiger partial charge >= 0.3 is 0 Å². The minimum atomic E-state index is -0.723. The Morgan fingerprint density at radius 3 is 2.09 bits per heavy atom. The van der Waals surface area contributed by atoms with Crippen LogP contribution in [0.2, 0.25) is 10.0 Å². The van der Waals surface area contributed by atoms with Gasteiger partial charge in [-0.3, -0.25) is 20.4 Å². The second kappa shape index (κ2) is 7.21. The summed E-state index contributed by atoms with van der Waals surface area (Å²) in [6.07, 6.45) is 0. The smallest absolute Gasteiger partial charge is 0.273 e. The lowest BCUT2D eigenvalue weighted by molar-refractivity contribution is 0.0843. The molecule has 3 N–H and O–H groups in total. The van der Waals surface area contributed by atoms with Gasteiger partial charge in [-0.2, -0.15) is 0 Å². The van der Waals surface area contributed by atoms with E-state index in [4.69, 9.17) is 27.9 Å². The van der Waals surface area contributed by atoms with Gasteiger partial charge in [0.1, 0.15) is 11.5 Å². The van der Waals surface area contributed by atoms with Crippen LogP contribution in [-0.4, -0.2) is 24.0 Å². The van der Waals surface area contributed by atoms with Crippen LogP contribution in [0.15, 0.2) is 36.4 Å². The zero-order valence-corrected chi connectivity index (χ0v) is 13.4. The maximum atomic E-state index is 12.1. The van der Waals surface area contributed by atoms with Gasteiger partial charge in [-0.15, -0.1) is 0 Å². The van der Waals surface area contributed by atoms with Crippen molar-refractivity contribution in [3.8, 4) is 11.5 Å². The van der Waals surface area contributed by atoms with Crippen LogP contribution < -0.4 is 15.6 Å². The highest BCUT2D eigenvalue weighted by Crippen LogP contribution is 2.23. The number of aromatic hydroxyl groups is 1. The van der Waals surface area contributed by atoms with E-state index in [9.17, 15) is 14.7 Å². The van der Waals surface area contributed by atoms with E-state index in [1.54, 1.807) is 6.07 Å². The Kier molecular flexibility index (Phi) is 5.31. The third-order valence-electron chi connectivity index (χ3n) is 2.90. The molecule has 0 spiro atoms. The average molecular weight is 355 g/mol. The fourth-order valence-corrected chi connectivity index (χ4v) is 2.14. The molecule has 2 amide bonds. The minimum Gasteiger partial charge on any atom is -0.507 e. The molecular weight excluding hydrogens is 343 g/mol. The molecule has 0 aliphatic heterocycles. The van der Waals surface area contributed by atoms with Gasteiger partial charge in [0.15, 0.2) is 0 Å². The number of halogens is 2. The second-order valence-electron chi connectivity index (χ2n) is 4.41. The van der Waals surface area contributed by atoms with Crippen molar-refractivity contribution in [2.45, 2.75) is 0 Å². The van der Waals surface area contributed by atoms with E-state index < -0.39 is 11.8 Å². The molecule has 6 nitrogen and oxygen atoms in total. The largest absolute Gasteiger partial charge is 0.507 e. The average Bonchev–Trinajstić information content (AvgIpc) is 2.54. The predicted octanol–water partition coefficient (Wildman–Crippen LogP) is 2.78. The van der Waals surface area contributed by atoms with Crippen LogP contribution in [0.4, 0.5) is 0 Å². The van der Waals surface area contributed by atoms with Gasteiger partial charge in [0.2, 0.25) is 0 Å². The normalized spacial score (nSPS) is 10.0. The summed E-state index contributed by atoms with van der Waals surface area (Å²) in [5, 5.41) is 10.3. The SMILES string of the molecule is COc1ccc(Cl)cc1C(=O)NNC(=O)c1cc(Cl)ccc1O. The van der Waals surface area contributed by atoms with Crippen LogP contribution in [-0.2, 0) is 0 Å². The summed E-state index contributed by atoms with van der Waals surface area (Å²) in [5.74, 6) is -1.31. The molecule has 0 bridgehead atoms. The van der Waals surface area contributed by atoms with Crippen molar-refractivity contribution < 1.29 is 19.4 Å². The Morgan fingerprint density at radius 2 is 1.48 bits per heavy atom. The van der Waals surface area contributed by atoms with E-state index in [1.807, 2.05) is 0 Å². The van der Waals surface area contributed by atoms with Gasteiger partial charge in [0.25, 0.3) is 11.8 Å². The van der Waals surface area contributed by atoms with E-state index in [-0.39, 0.29) is 21.9 Å². The molecule has 0 unspecified atom stereocenters. The van der Waals surface area contributed by atoms with Crippen LogP contribution in [0.1, 0.15) is 20.7 Å². The van der Waals surface area contributed by atoms with Gasteiger partial charge in [-0.1, -0.05) is 23.2 Å². The number of ether oxygens (including phenoxy) is 1. The van der Waals surface area contributed by atoms with Crippen molar-refractivity contribution in [2.75, 3.05) is 7.11 Å². The number of rotatable bonds is 3. The monoisotopic (exact) mass is 354 g/mol. The molecule has 2 rings (SSSR count). The number of benzene rings is 2. The number of hydrazine groups is 1. The van der Waals surface area contributed by atoms with Crippen LogP contribution in [0.25, 0.3) is 0 Å². The van der Waals surface area contributed by atoms with E-state index in [0.29, 0.717) is 10.8 Å². The quantitative estimate of drug-likeness (QED) is 0.739.